The van der Waals surface area contributed by atoms with Crippen molar-refractivity contribution in [3.63, 3.8) is 0 Å². The van der Waals surface area contributed by atoms with Crippen LogP contribution in [0.5, 0.6) is 0 Å². The molecule has 1 aliphatic carbocycles. The third-order valence-electron chi connectivity index (χ3n) is 3.79. The van der Waals surface area contributed by atoms with Gasteiger partial charge in [-0.1, -0.05) is 19.8 Å². The molecule has 1 heterocycles. The molecule has 0 spiro atoms. The average molecular weight is 218 g/mol. The van der Waals surface area contributed by atoms with Crippen LogP contribution < -0.4 is 5.73 Å². The number of aromatic nitrogens is 1. The van der Waals surface area contributed by atoms with Crippen LogP contribution in [0.3, 0.4) is 0 Å². The zero-order chi connectivity index (χ0) is 11.5. The second-order valence-electron chi connectivity index (χ2n) is 5.29. The highest BCUT2D eigenvalue weighted by Crippen LogP contribution is 2.35. The van der Waals surface area contributed by atoms with Crippen LogP contribution in [0.15, 0.2) is 18.3 Å². The molecule has 0 radical (unpaired) electrons. The van der Waals surface area contributed by atoms with E-state index < -0.39 is 0 Å². The molecule has 2 rings (SSSR count). The summed E-state index contributed by atoms with van der Waals surface area (Å²) in [6.07, 6.45) is 7.15. The van der Waals surface area contributed by atoms with Gasteiger partial charge in [0.2, 0.25) is 0 Å². The zero-order valence-electron chi connectivity index (χ0n) is 10.3. The summed E-state index contributed by atoms with van der Waals surface area (Å²) in [5, 5.41) is 0. The largest absolute Gasteiger partial charge is 0.324 e. The maximum atomic E-state index is 6.37. The Morgan fingerprint density at radius 2 is 2.25 bits per heavy atom. The predicted octanol–water partition coefficient (Wildman–Crippen LogP) is 3.22. The van der Waals surface area contributed by atoms with Crippen LogP contribution in [0, 0.1) is 18.8 Å². The van der Waals surface area contributed by atoms with E-state index in [1.54, 1.807) is 0 Å². The number of hydrogen-bond acceptors (Lipinski definition) is 2. The van der Waals surface area contributed by atoms with Gasteiger partial charge in [0.15, 0.2) is 0 Å². The van der Waals surface area contributed by atoms with Gasteiger partial charge in [-0.05, 0) is 49.3 Å². The molecule has 2 nitrogen and oxygen atoms in total. The van der Waals surface area contributed by atoms with Crippen molar-refractivity contribution in [1.29, 1.82) is 0 Å². The summed E-state index contributed by atoms with van der Waals surface area (Å²) in [5.41, 5.74) is 8.70. The highest BCUT2D eigenvalue weighted by atomic mass is 14.7. The van der Waals surface area contributed by atoms with Crippen molar-refractivity contribution in [3.05, 3.63) is 29.6 Å². The molecule has 3 atom stereocenters. The number of hydrogen-bond donors (Lipinski definition) is 1. The molecule has 2 heteroatoms. The minimum absolute atomic E-state index is 0.199. The van der Waals surface area contributed by atoms with Crippen LogP contribution in [0.2, 0.25) is 0 Å². The highest BCUT2D eigenvalue weighted by Gasteiger charge is 2.25. The van der Waals surface area contributed by atoms with E-state index in [-0.39, 0.29) is 6.04 Å². The van der Waals surface area contributed by atoms with Crippen LogP contribution in [0.25, 0.3) is 0 Å². The SMILES string of the molecule is Cc1cc(C(N)C2CCCC(C)C2)ccn1. The molecular weight excluding hydrogens is 196 g/mol. The summed E-state index contributed by atoms with van der Waals surface area (Å²) in [4.78, 5) is 4.23. The number of aryl methyl sites for hydroxylation is 1. The Bertz CT molecular complexity index is 348. The Morgan fingerprint density at radius 3 is 2.94 bits per heavy atom. The molecule has 16 heavy (non-hydrogen) atoms. The Labute approximate surface area is 98.3 Å². The van der Waals surface area contributed by atoms with Crippen LogP contribution in [0.1, 0.15) is 49.9 Å². The van der Waals surface area contributed by atoms with Gasteiger partial charge in [-0.2, -0.15) is 0 Å². The van der Waals surface area contributed by atoms with Crippen molar-refractivity contribution in [2.75, 3.05) is 0 Å². The minimum Gasteiger partial charge on any atom is -0.324 e. The van der Waals surface area contributed by atoms with Crippen LogP contribution in [-0.4, -0.2) is 4.98 Å². The molecule has 2 N–H and O–H groups in total. The first-order valence-corrected chi connectivity index (χ1v) is 6.35. The van der Waals surface area contributed by atoms with E-state index >= 15 is 0 Å². The van der Waals surface area contributed by atoms with E-state index in [2.05, 4.69) is 24.0 Å². The summed E-state index contributed by atoms with van der Waals surface area (Å²) < 4.78 is 0. The molecule has 0 aliphatic heterocycles. The summed E-state index contributed by atoms with van der Waals surface area (Å²) in [5.74, 6) is 1.50. The number of rotatable bonds is 2. The topological polar surface area (TPSA) is 38.9 Å². The standard InChI is InChI=1S/C14H22N2/c1-10-4-3-5-12(8-10)14(15)13-6-7-16-11(2)9-13/h6-7,9-10,12,14H,3-5,8,15H2,1-2H3. The third kappa shape index (κ3) is 2.62. The second-order valence-corrected chi connectivity index (χ2v) is 5.29. The Hall–Kier alpha value is -0.890. The van der Waals surface area contributed by atoms with E-state index in [0.717, 1.165) is 11.6 Å². The predicted molar refractivity (Wildman–Crippen MR) is 67.0 cm³/mol. The van der Waals surface area contributed by atoms with Gasteiger partial charge in [0.05, 0.1) is 0 Å². The first-order valence-electron chi connectivity index (χ1n) is 6.35. The number of nitrogens with two attached hydrogens (primary N) is 1. The lowest BCUT2D eigenvalue weighted by molar-refractivity contribution is 0.248. The Kier molecular flexibility index (Phi) is 3.59. The monoisotopic (exact) mass is 218 g/mol. The van der Waals surface area contributed by atoms with Crippen LogP contribution >= 0.6 is 0 Å². The smallest absolute Gasteiger partial charge is 0.0375 e. The normalized spacial score (nSPS) is 27.7. The molecule has 0 saturated heterocycles. The molecule has 3 unspecified atom stereocenters. The molecule has 0 amide bonds. The number of pyridine rings is 1. The van der Waals surface area contributed by atoms with Gasteiger partial charge in [-0.3, -0.25) is 4.98 Å². The molecule has 1 aromatic rings. The Balaban J connectivity index is 2.09. The first-order chi connectivity index (χ1) is 7.66. The van der Waals surface area contributed by atoms with Crippen molar-refractivity contribution in [2.45, 2.75) is 45.6 Å². The molecule has 1 fully saturated rings. The van der Waals surface area contributed by atoms with Gasteiger partial charge >= 0.3 is 0 Å². The fourth-order valence-corrected chi connectivity index (χ4v) is 2.85. The molecule has 0 aromatic carbocycles. The summed E-state index contributed by atoms with van der Waals surface area (Å²) in [7, 11) is 0. The van der Waals surface area contributed by atoms with Gasteiger partial charge in [-0.25, -0.2) is 0 Å². The molecule has 88 valence electrons. The average Bonchev–Trinajstić information content (AvgIpc) is 2.28. The molecular formula is C14H22N2. The van der Waals surface area contributed by atoms with Gasteiger partial charge < -0.3 is 5.73 Å². The van der Waals surface area contributed by atoms with E-state index in [9.17, 15) is 0 Å². The summed E-state index contributed by atoms with van der Waals surface area (Å²) >= 11 is 0. The van der Waals surface area contributed by atoms with E-state index in [1.165, 1.54) is 31.2 Å². The van der Waals surface area contributed by atoms with Crippen LogP contribution in [0.4, 0.5) is 0 Å². The van der Waals surface area contributed by atoms with E-state index in [4.69, 9.17) is 5.73 Å². The minimum atomic E-state index is 0.199. The summed E-state index contributed by atoms with van der Waals surface area (Å²) in [6, 6.07) is 4.39. The van der Waals surface area contributed by atoms with Crippen molar-refractivity contribution in [3.8, 4) is 0 Å². The lowest BCUT2D eigenvalue weighted by Crippen LogP contribution is -2.26. The quantitative estimate of drug-likeness (QED) is 0.827. The Morgan fingerprint density at radius 1 is 1.44 bits per heavy atom. The fourth-order valence-electron chi connectivity index (χ4n) is 2.85. The van der Waals surface area contributed by atoms with Gasteiger partial charge in [0.25, 0.3) is 0 Å². The van der Waals surface area contributed by atoms with Crippen molar-refractivity contribution in [2.24, 2.45) is 17.6 Å². The zero-order valence-corrected chi connectivity index (χ0v) is 10.3. The van der Waals surface area contributed by atoms with Gasteiger partial charge in [0.1, 0.15) is 0 Å². The van der Waals surface area contributed by atoms with Crippen molar-refractivity contribution in [1.82, 2.24) is 4.98 Å². The highest BCUT2D eigenvalue weighted by molar-refractivity contribution is 5.20. The first kappa shape index (κ1) is 11.6. The maximum Gasteiger partial charge on any atom is 0.0375 e. The molecule has 0 bridgehead atoms. The molecule has 1 saturated carbocycles. The third-order valence-corrected chi connectivity index (χ3v) is 3.79. The van der Waals surface area contributed by atoms with E-state index in [0.29, 0.717) is 5.92 Å². The van der Waals surface area contributed by atoms with Crippen molar-refractivity contribution < 1.29 is 0 Å². The van der Waals surface area contributed by atoms with Crippen molar-refractivity contribution >= 4 is 0 Å². The molecule has 1 aliphatic rings. The van der Waals surface area contributed by atoms with E-state index in [1.807, 2.05) is 13.1 Å². The lowest BCUT2D eigenvalue weighted by Gasteiger charge is -2.31. The maximum absolute atomic E-state index is 6.37. The number of nitrogens with zero attached hydrogens (tertiary/aromatic N) is 1. The summed E-state index contributed by atoms with van der Waals surface area (Å²) in [6.45, 7) is 4.37. The van der Waals surface area contributed by atoms with Gasteiger partial charge in [-0.15, -0.1) is 0 Å². The second kappa shape index (κ2) is 4.96. The fraction of sp³-hybridized carbons (Fsp3) is 0.643. The van der Waals surface area contributed by atoms with Crippen LogP contribution in [-0.2, 0) is 0 Å². The lowest BCUT2D eigenvalue weighted by atomic mass is 9.77. The van der Waals surface area contributed by atoms with Gasteiger partial charge in [0, 0.05) is 17.9 Å². The molecule has 1 aromatic heterocycles.